The van der Waals surface area contributed by atoms with Crippen molar-refractivity contribution in [3.8, 4) is 5.75 Å². The summed E-state index contributed by atoms with van der Waals surface area (Å²) in [5, 5.41) is 12.8. The number of carbonyl (C=O) groups is 4. The second-order valence-corrected chi connectivity index (χ2v) is 10.3. The van der Waals surface area contributed by atoms with Gasteiger partial charge in [0.25, 0.3) is 11.8 Å². The molecule has 208 valence electrons. The van der Waals surface area contributed by atoms with Crippen LogP contribution < -0.4 is 15.0 Å². The Kier molecular flexibility index (Phi) is 6.66. The Balaban J connectivity index is 1.46. The molecule has 0 unspecified atom stereocenters. The average Bonchev–Trinajstić information content (AvgIpc) is 3.48. The maximum Gasteiger partial charge on any atom is 0.332 e. The van der Waals surface area contributed by atoms with Crippen molar-refractivity contribution >= 4 is 53.0 Å². The number of nitrogens with zero attached hydrogens (tertiary/aromatic N) is 2. The van der Waals surface area contributed by atoms with Crippen LogP contribution in [0.15, 0.2) is 72.8 Å². The third-order valence-corrected chi connectivity index (χ3v) is 8.00. The number of nitrogens with one attached hydrogen (secondary N) is 2. The monoisotopic (exact) mass is 570 g/mol. The van der Waals surface area contributed by atoms with E-state index in [0.717, 1.165) is 32.6 Å². The van der Waals surface area contributed by atoms with Gasteiger partial charge >= 0.3 is 12.0 Å². The average molecular weight is 571 g/mol. The highest BCUT2D eigenvalue weighted by atomic mass is 32.1. The van der Waals surface area contributed by atoms with Gasteiger partial charge < -0.3 is 20.1 Å². The lowest BCUT2D eigenvalue weighted by Gasteiger charge is -2.36. The van der Waals surface area contributed by atoms with Crippen molar-refractivity contribution in [2.75, 3.05) is 17.8 Å². The van der Waals surface area contributed by atoms with Crippen LogP contribution in [0.2, 0.25) is 0 Å². The van der Waals surface area contributed by atoms with Crippen molar-refractivity contribution in [1.29, 1.82) is 0 Å². The molecule has 0 radical (unpaired) electrons. The van der Waals surface area contributed by atoms with Gasteiger partial charge in [-0.2, -0.15) is 12.6 Å². The van der Waals surface area contributed by atoms with Crippen LogP contribution in [0.3, 0.4) is 0 Å². The molecule has 0 aliphatic carbocycles. The van der Waals surface area contributed by atoms with Crippen molar-refractivity contribution in [3.05, 3.63) is 95.2 Å². The number of methoxy groups -OCH3 is 1. The van der Waals surface area contributed by atoms with E-state index in [9.17, 15) is 24.3 Å². The van der Waals surface area contributed by atoms with E-state index in [2.05, 4.69) is 22.9 Å². The number of carbonyl (C=O) groups excluding carboxylic acids is 3. The quantitative estimate of drug-likeness (QED) is 0.198. The molecule has 3 atom stereocenters. The Morgan fingerprint density at radius 2 is 1.85 bits per heavy atom. The first-order valence-corrected chi connectivity index (χ1v) is 13.6. The standard InChI is InChI=1S/C30H26N4O6S/c1-40-17-8-6-7-16(13-17)26-25-20(18-9-2-4-11-21(18)31-25)14-24-28(36)34(30(39)33(24)26)23-12-5-3-10-19(23)27(35)32-22(15-41)29(37)38/h2-13,22,24,26,31,41H,14-15H2,1H3,(H,32,35)(H,37,38)/t22-,24-,26-/m0/s1. The Hall–Kier alpha value is -4.77. The number of anilines is 1. The minimum absolute atomic E-state index is 0.00369. The molecule has 10 nitrogen and oxygen atoms in total. The first-order chi connectivity index (χ1) is 19.8. The maximum atomic E-state index is 14.2. The van der Waals surface area contributed by atoms with E-state index in [-0.39, 0.29) is 23.4 Å². The molecule has 41 heavy (non-hydrogen) atoms. The fourth-order valence-electron chi connectivity index (χ4n) is 5.74. The summed E-state index contributed by atoms with van der Waals surface area (Å²) in [5.41, 5.74) is 3.50. The molecular weight excluding hydrogens is 544 g/mol. The number of benzene rings is 3. The Labute approximate surface area is 240 Å². The van der Waals surface area contributed by atoms with E-state index in [0.29, 0.717) is 5.75 Å². The molecule has 4 aromatic rings. The number of ether oxygens (including phenoxy) is 1. The Morgan fingerprint density at radius 1 is 1.10 bits per heavy atom. The topological polar surface area (TPSA) is 132 Å². The molecule has 2 aliphatic heterocycles. The number of hydrogen-bond donors (Lipinski definition) is 4. The molecule has 1 saturated heterocycles. The van der Waals surface area contributed by atoms with Crippen molar-refractivity contribution in [2.24, 2.45) is 0 Å². The van der Waals surface area contributed by atoms with Crippen LogP contribution in [0.1, 0.15) is 33.2 Å². The van der Waals surface area contributed by atoms with Crippen LogP contribution in [0, 0.1) is 0 Å². The molecule has 3 aromatic carbocycles. The first-order valence-electron chi connectivity index (χ1n) is 13.0. The maximum absolute atomic E-state index is 14.2. The highest BCUT2D eigenvalue weighted by Crippen LogP contribution is 2.45. The zero-order valence-electron chi connectivity index (χ0n) is 21.9. The fraction of sp³-hybridized carbons (Fsp3) is 0.200. The van der Waals surface area contributed by atoms with Crippen molar-refractivity contribution in [2.45, 2.75) is 24.5 Å². The highest BCUT2D eigenvalue weighted by Gasteiger charge is 2.53. The van der Waals surface area contributed by atoms with Crippen LogP contribution >= 0.6 is 12.6 Å². The summed E-state index contributed by atoms with van der Waals surface area (Å²) in [4.78, 5) is 59.0. The van der Waals surface area contributed by atoms with Crippen LogP contribution in [-0.4, -0.2) is 63.8 Å². The minimum atomic E-state index is -1.24. The predicted molar refractivity (Wildman–Crippen MR) is 155 cm³/mol. The van der Waals surface area contributed by atoms with Crippen LogP contribution in [-0.2, 0) is 16.0 Å². The summed E-state index contributed by atoms with van der Waals surface area (Å²) in [6, 6.07) is 18.1. The number of aromatic amines is 1. The number of aromatic nitrogens is 1. The molecule has 6 rings (SSSR count). The number of imide groups is 1. The van der Waals surface area contributed by atoms with Gasteiger partial charge in [-0.1, -0.05) is 42.5 Å². The van der Waals surface area contributed by atoms with Gasteiger partial charge in [0.05, 0.1) is 18.4 Å². The summed E-state index contributed by atoms with van der Waals surface area (Å²) in [7, 11) is 1.56. The van der Waals surface area contributed by atoms with Gasteiger partial charge in [0.2, 0.25) is 0 Å². The summed E-state index contributed by atoms with van der Waals surface area (Å²) in [5.74, 6) is -1.97. The van der Waals surface area contributed by atoms with Gasteiger partial charge in [-0.25, -0.2) is 14.5 Å². The SMILES string of the molecule is COc1cccc([C@H]2c3[nH]c4ccccc4c3C[C@H]3C(=O)N(c4ccccc4C(=O)N[C@@H](CS)C(=O)O)C(=O)N23)c1. The second kappa shape index (κ2) is 10.3. The van der Waals surface area contributed by atoms with E-state index in [1.165, 1.54) is 12.1 Å². The molecule has 1 fully saturated rings. The first kappa shape index (κ1) is 26.5. The number of carboxylic acids is 1. The number of carboxylic acid groups (broad SMARTS) is 1. The summed E-state index contributed by atoms with van der Waals surface area (Å²) in [6.45, 7) is 0. The van der Waals surface area contributed by atoms with E-state index in [4.69, 9.17) is 4.74 Å². The molecule has 0 saturated carbocycles. The zero-order chi connectivity index (χ0) is 28.8. The molecule has 0 spiro atoms. The van der Waals surface area contributed by atoms with E-state index < -0.39 is 41.9 Å². The highest BCUT2D eigenvalue weighted by molar-refractivity contribution is 7.80. The summed E-state index contributed by atoms with van der Waals surface area (Å²) in [6.07, 6.45) is 0.288. The number of thiol groups is 1. The van der Waals surface area contributed by atoms with Crippen LogP contribution in [0.5, 0.6) is 5.75 Å². The lowest BCUT2D eigenvalue weighted by molar-refractivity contribution is -0.138. The molecular formula is C30H26N4O6S. The number of para-hydroxylation sites is 2. The number of urea groups is 1. The van der Waals surface area contributed by atoms with Gasteiger partial charge in [0.1, 0.15) is 23.9 Å². The lowest BCUT2D eigenvalue weighted by Crippen LogP contribution is -2.44. The lowest BCUT2D eigenvalue weighted by atomic mass is 9.89. The van der Waals surface area contributed by atoms with Crippen molar-refractivity contribution < 1.29 is 29.0 Å². The smallest absolute Gasteiger partial charge is 0.332 e. The van der Waals surface area contributed by atoms with Gasteiger partial charge in [-0.3, -0.25) is 14.5 Å². The Morgan fingerprint density at radius 3 is 2.61 bits per heavy atom. The molecule has 0 bridgehead atoms. The van der Waals surface area contributed by atoms with E-state index in [1.54, 1.807) is 24.1 Å². The van der Waals surface area contributed by atoms with Gasteiger partial charge in [0, 0.05) is 28.8 Å². The van der Waals surface area contributed by atoms with Gasteiger partial charge in [0.15, 0.2) is 0 Å². The molecule has 3 heterocycles. The van der Waals surface area contributed by atoms with Crippen molar-refractivity contribution in [3.63, 3.8) is 0 Å². The zero-order valence-corrected chi connectivity index (χ0v) is 22.8. The van der Waals surface area contributed by atoms with E-state index >= 15 is 0 Å². The van der Waals surface area contributed by atoms with Crippen LogP contribution in [0.4, 0.5) is 10.5 Å². The van der Waals surface area contributed by atoms with E-state index in [1.807, 2.05) is 48.5 Å². The second-order valence-electron chi connectivity index (χ2n) is 9.89. The van der Waals surface area contributed by atoms with Gasteiger partial charge in [-0.05, 0) is 41.5 Å². The third-order valence-electron chi connectivity index (χ3n) is 7.63. The number of amides is 4. The molecule has 4 amide bonds. The minimum Gasteiger partial charge on any atom is -0.497 e. The summed E-state index contributed by atoms with van der Waals surface area (Å²) < 4.78 is 5.46. The summed E-state index contributed by atoms with van der Waals surface area (Å²) >= 11 is 4.01. The molecule has 2 aliphatic rings. The molecule has 3 N–H and O–H groups in total. The molecule has 1 aromatic heterocycles. The predicted octanol–water partition coefficient (Wildman–Crippen LogP) is 3.77. The van der Waals surface area contributed by atoms with Crippen molar-refractivity contribution in [1.82, 2.24) is 15.2 Å². The Bertz CT molecular complexity index is 1720. The largest absolute Gasteiger partial charge is 0.497 e. The van der Waals surface area contributed by atoms with Gasteiger partial charge in [-0.15, -0.1) is 0 Å². The number of aliphatic carboxylic acids is 1. The number of H-pyrrole nitrogens is 1. The third kappa shape index (κ3) is 4.29. The number of hydrogen-bond acceptors (Lipinski definition) is 6. The van der Waals surface area contributed by atoms with Crippen LogP contribution in [0.25, 0.3) is 10.9 Å². The number of fused-ring (bicyclic) bond motifs is 4. The fourth-order valence-corrected chi connectivity index (χ4v) is 5.98. The number of rotatable bonds is 7. The molecule has 11 heteroatoms. The normalized spacial score (nSPS) is 18.7.